The number of anilines is 1. The number of hydrogen-bond acceptors (Lipinski definition) is 4. The van der Waals surface area contributed by atoms with Crippen LogP contribution in [0.4, 0.5) is 5.13 Å². The van der Waals surface area contributed by atoms with E-state index in [0.29, 0.717) is 11.9 Å². The predicted octanol–water partition coefficient (Wildman–Crippen LogP) is 2.82. The van der Waals surface area contributed by atoms with E-state index in [9.17, 15) is 0 Å². The van der Waals surface area contributed by atoms with Crippen molar-refractivity contribution in [2.24, 2.45) is 0 Å². The second-order valence-corrected chi connectivity index (χ2v) is 5.63. The van der Waals surface area contributed by atoms with Crippen LogP contribution in [0.15, 0.2) is 5.38 Å². The van der Waals surface area contributed by atoms with Gasteiger partial charge >= 0.3 is 0 Å². The number of nitrogens with zero attached hydrogens (tertiary/aromatic N) is 2. The fraction of sp³-hybridized carbons (Fsp3) is 0.667. The quantitative estimate of drug-likeness (QED) is 0.749. The Balaban J connectivity index is 2.12. The molecule has 1 atom stereocenters. The molecule has 0 spiro atoms. The van der Waals surface area contributed by atoms with Crippen molar-refractivity contribution in [2.45, 2.75) is 18.8 Å². The number of aromatic nitrogens is 1. The Bertz CT molecular complexity index is 303. The maximum Gasteiger partial charge on any atom is 0.185 e. The van der Waals surface area contributed by atoms with Crippen molar-refractivity contribution in [1.82, 2.24) is 4.98 Å². The lowest BCUT2D eigenvalue weighted by Gasteiger charge is -2.32. The molecule has 1 unspecified atom stereocenters. The number of halogens is 1. The van der Waals surface area contributed by atoms with Crippen molar-refractivity contribution in [3.63, 3.8) is 0 Å². The third kappa shape index (κ3) is 2.18. The lowest BCUT2D eigenvalue weighted by Crippen LogP contribution is -2.40. The minimum Gasteiger partial charge on any atom is -0.344 e. The third-order valence-electron chi connectivity index (χ3n) is 2.29. The van der Waals surface area contributed by atoms with Gasteiger partial charge in [-0.25, -0.2) is 4.98 Å². The van der Waals surface area contributed by atoms with Gasteiger partial charge < -0.3 is 4.90 Å². The highest BCUT2D eigenvalue weighted by molar-refractivity contribution is 7.99. The van der Waals surface area contributed by atoms with Crippen LogP contribution in [0.2, 0.25) is 0 Å². The molecule has 0 saturated carbocycles. The molecule has 2 rings (SSSR count). The number of thiazole rings is 1. The van der Waals surface area contributed by atoms with Gasteiger partial charge in [-0.05, 0) is 6.92 Å². The van der Waals surface area contributed by atoms with Gasteiger partial charge in [-0.3, -0.25) is 0 Å². The molecule has 5 heteroatoms. The Labute approximate surface area is 97.7 Å². The SMILES string of the molecule is CC1CSCCN1c1nc(CCl)cs1. The van der Waals surface area contributed by atoms with Gasteiger partial charge in [-0.15, -0.1) is 22.9 Å². The number of thioether (sulfide) groups is 1. The standard InChI is InChI=1S/C9H13ClN2S2/c1-7-5-13-3-2-12(7)9-11-8(4-10)6-14-9/h6-7H,2-5H2,1H3. The molecule has 0 amide bonds. The molecule has 1 fully saturated rings. The Kier molecular flexibility index (Phi) is 3.57. The Morgan fingerprint density at radius 1 is 1.71 bits per heavy atom. The zero-order chi connectivity index (χ0) is 9.97. The molecule has 1 aliphatic rings. The van der Waals surface area contributed by atoms with Crippen molar-refractivity contribution >= 4 is 39.8 Å². The summed E-state index contributed by atoms with van der Waals surface area (Å²) in [4.78, 5) is 6.89. The van der Waals surface area contributed by atoms with Crippen LogP contribution >= 0.6 is 34.7 Å². The van der Waals surface area contributed by atoms with Crippen LogP contribution in [0.5, 0.6) is 0 Å². The van der Waals surface area contributed by atoms with E-state index in [0.717, 1.165) is 17.4 Å². The molecule has 2 heterocycles. The van der Waals surface area contributed by atoms with Gasteiger partial charge in [0.05, 0.1) is 11.6 Å². The monoisotopic (exact) mass is 248 g/mol. The molecule has 1 aromatic heterocycles. The lowest BCUT2D eigenvalue weighted by molar-refractivity contribution is 0.696. The van der Waals surface area contributed by atoms with E-state index in [1.165, 1.54) is 11.5 Å². The first kappa shape index (κ1) is 10.6. The van der Waals surface area contributed by atoms with Gasteiger partial charge in [0, 0.05) is 29.5 Å². The minimum absolute atomic E-state index is 0.521. The van der Waals surface area contributed by atoms with Gasteiger partial charge in [-0.1, -0.05) is 0 Å². The molecule has 14 heavy (non-hydrogen) atoms. The first-order valence-corrected chi connectivity index (χ1v) is 7.23. The van der Waals surface area contributed by atoms with Crippen LogP contribution in [0.25, 0.3) is 0 Å². The molecule has 0 aromatic carbocycles. The van der Waals surface area contributed by atoms with Crippen LogP contribution in [-0.2, 0) is 5.88 Å². The Morgan fingerprint density at radius 3 is 3.21 bits per heavy atom. The summed E-state index contributed by atoms with van der Waals surface area (Å²) >= 11 is 9.47. The normalized spacial score (nSPS) is 22.7. The van der Waals surface area contributed by atoms with Gasteiger partial charge in [0.25, 0.3) is 0 Å². The molecule has 0 radical (unpaired) electrons. The Hall–Kier alpha value is 0.0700. The van der Waals surface area contributed by atoms with Crippen LogP contribution in [0.3, 0.4) is 0 Å². The fourth-order valence-electron chi connectivity index (χ4n) is 1.50. The number of alkyl halides is 1. The molecule has 0 aliphatic carbocycles. The van der Waals surface area contributed by atoms with Gasteiger partial charge in [0.2, 0.25) is 0 Å². The molecule has 2 nitrogen and oxygen atoms in total. The van der Waals surface area contributed by atoms with Crippen LogP contribution < -0.4 is 4.90 Å². The predicted molar refractivity (Wildman–Crippen MR) is 65.8 cm³/mol. The summed E-state index contributed by atoms with van der Waals surface area (Å²) in [5.41, 5.74) is 0.997. The molecule has 1 aromatic rings. The molecular formula is C9H13ClN2S2. The summed E-state index contributed by atoms with van der Waals surface area (Å²) in [6.45, 7) is 3.37. The highest BCUT2D eigenvalue weighted by Crippen LogP contribution is 2.27. The van der Waals surface area contributed by atoms with E-state index in [-0.39, 0.29) is 0 Å². The average molecular weight is 249 g/mol. The van der Waals surface area contributed by atoms with Crippen molar-refractivity contribution in [3.8, 4) is 0 Å². The average Bonchev–Trinajstić information content (AvgIpc) is 2.67. The molecule has 0 bridgehead atoms. The first-order chi connectivity index (χ1) is 6.81. The molecule has 0 N–H and O–H groups in total. The van der Waals surface area contributed by atoms with Crippen molar-refractivity contribution in [2.75, 3.05) is 23.0 Å². The zero-order valence-electron chi connectivity index (χ0n) is 8.07. The summed E-state index contributed by atoms with van der Waals surface area (Å²) in [5, 5.41) is 3.19. The van der Waals surface area contributed by atoms with E-state index in [1.807, 2.05) is 11.8 Å². The zero-order valence-corrected chi connectivity index (χ0v) is 10.5. The third-order valence-corrected chi connectivity index (χ3v) is 4.68. The topological polar surface area (TPSA) is 16.1 Å². The fourth-order valence-corrected chi connectivity index (χ4v) is 3.70. The van der Waals surface area contributed by atoms with E-state index in [4.69, 9.17) is 11.6 Å². The van der Waals surface area contributed by atoms with E-state index < -0.39 is 0 Å². The second kappa shape index (κ2) is 4.73. The van der Waals surface area contributed by atoms with E-state index in [2.05, 4.69) is 22.2 Å². The summed E-state index contributed by atoms with van der Waals surface area (Å²) < 4.78 is 0. The summed E-state index contributed by atoms with van der Waals surface area (Å²) in [6.07, 6.45) is 0. The van der Waals surface area contributed by atoms with Gasteiger partial charge in [0.15, 0.2) is 5.13 Å². The van der Waals surface area contributed by atoms with E-state index in [1.54, 1.807) is 11.3 Å². The summed E-state index contributed by atoms with van der Waals surface area (Å²) in [6, 6.07) is 0.600. The smallest absolute Gasteiger partial charge is 0.185 e. The molecule has 1 saturated heterocycles. The van der Waals surface area contributed by atoms with E-state index >= 15 is 0 Å². The molecule has 78 valence electrons. The largest absolute Gasteiger partial charge is 0.344 e. The van der Waals surface area contributed by atoms with Crippen LogP contribution in [-0.4, -0.2) is 29.1 Å². The van der Waals surface area contributed by atoms with Crippen molar-refractivity contribution in [3.05, 3.63) is 11.1 Å². The van der Waals surface area contributed by atoms with Gasteiger partial charge in [-0.2, -0.15) is 11.8 Å². The maximum absolute atomic E-state index is 5.74. The van der Waals surface area contributed by atoms with Crippen molar-refractivity contribution in [1.29, 1.82) is 0 Å². The van der Waals surface area contributed by atoms with Gasteiger partial charge in [0.1, 0.15) is 0 Å². The number of hydrogen-bond donors (Lipinski definition) is 0. The highest BCUT2D eigenvalue weighted by Gasteiger charge is 2.21. The summed E-state index contributed by atoms with van der Waals surface area (Å²) in [5.74, 6) is 2.93. The lowest BCUT2D eigenvalue weighted by atomic mass is 10.3. The maximum atomic E-state index is 5.74. The van der Waals surface area contributed by atoms with Crippen LogP contribution in [0.1, 0.15) is 12.6 Å². The second-order valence-electron chi connectivity index (χ2n) is 3.37. The molecular weight excluding hydrogens is 236 g/mol. The minimum atomic E-state index is 0.521. The highest BCUT2D eigenvalue weighted by atomic mass is 35.5. The van der Waals surface area contributed by atoms with Crippen LogP contribution in [0, 0.1) is 0 Å². The summed E-state index contributed by atoms with van der Waals surface area (Å²) in [7, 11) is 0. The van der Waals surface area contributed by atoms with Crippen molar-refractivity contribution < 1.29 is 0 Å². The first-order valence-electron chi connectivity index (χ1n) is 4.66. The Morgan fingerprint density at radius 2 is 2.57 bits per heavy atom. The number of rotatable bonds is 2. The molecule has 1 aliphatic heterocycles.